The van der Waals surface area contributed by atoms with Crippen LogP contribution in [0.4, 0.5) is 0 Å². The van der Waals surface area contributed by atoms with Crippen LogP contribution in [0.2, 0.25) is 0 Å². The summed E-state index contributed by atoms with van der Waals surface area (Å²) in [7, 11) is 0. The molecule has 1 spiro atoms. The molecule has 0 fully saturated rings. The van der Waals surface area contributed by atoms with Gasteiger partial charge in [-0.2, -0.15) is 0 Å². The number of aryl methyl sites for hydroxylation is 3. The van der Waals surface area contributed by atoms with Gasteiger partial charge < -0.3 is 4.98 Å². The zero-order valence-electron chi connectivity index (χ0n) is 40.2. The number of nitrogens with zero attached hydrogens (tertiary/aromatic N) is 1. The maximum atomic E-state index is 5.24. The Balaban J connectivity index is 0.00000553. The van der Waals surface area contributed by atoms with E-state index in [0.29, 0.717) is 0 Å². The molecule has 8 aromatic carbocycles. The molecule has 2 aliphatic rings. The average molecular weight is 1070 g/mol. The van der Waals surface area contributed by atoms with Crippen molar-refractivity contribution in [2.24, 2.45) is 0 Å². The van der Waals surface area contributed by atoms with E-state index in [1.807, 2.05) is 0 Å². The zero-order chi connectivity index (χ0) is 46.0. The molecule has 0 saturated carbocycles. The molecular weight excluding hydrogens is 1010 g/mol. The smallest absolute Gasteiger partial charge is 0.0550 e. The van der Waals surface area contributed by atoms with Crippen LogP contribution in [0.5, 0.6) is 0 Å². The van der Waals surface area contributed by atoms with Crippen LogP contribution in [-0.2, 0) is 38.4 Å². The second-order valence-corrected chi connectivity index (χ2v) is 19.4. The molecule has 0 amide bonds. The second-order valence-electron chi connectivity index (χ2n) is 19.4. The Kier molecular flexibility index (Phi) is 13.6. The van der Waals surface area contributed by atoms with Gasteiger partial charge in [0.2, 0.25) is 0 Å². The summed E-state index contributed by atoms with van der Waals surface area (Å²) in [6, 6.07) is 72.6. The minimum atomic E-state index is -0.473. The van der Waals surface area contributed by atoms with Gasteiger partial charge >= 0.3 is 0 Å². The van der Waals surface area contributed by atoms with Crippen LogP contribution >= 0.6 is 0 Å². The third-order valence-corrected chi connectivity index (χ3v) is 14.9. The molecule has 1 heterocycles. The van der Waals surface area contributed by atoms with E-state index in [4.69, 9.17) is 4.98 Å². The van der Waals surface area contributed by atoms with Crippen LogP contribution in [0.1, 0.15) is 104 Å². The van der Waals surface area contributed by atoms with Crippen molar-refractivity contribution in [1.29, 1.82) is 0 Å². The van der Waals surface area contributed by atoms with Gasteiger partial charge in [-0.25, -0.2) is 0 Å². The number of fused-ring (bicyclic) bond motifs is 10. The third kappa shape index (κ3) is 8.80. The predicted molar refractivity (Wildman–Crippen MR) is 287 cm³/mol. The van der Waals surface area contributed by atoms with Gasteiger partial charge in [0.15, 0.2) is 0 Å². The molecule has 9 aromatic rings. The molecule has 2 heteroatoms. The minimum Gasteiger partial charge on any atom is -0.304 e. The van der Waals surface area contributed by atoms with Crippen LogP contribution < -0.4 is 0 Å². The molecule has 1 radical (unpaired) electrons. The summed E-state index contributed by atoms with van der Waals surface area (Å²) in [6.45, 7) is 6.71. The molecular formula is C67H60IrN-. The Labute approximate surface area is 424 Å². The summed E-state index contributed by atoms with van der Waals surface area (Å²) in [5.41, 5.74) is 25.6. The first-order valence-electron chi connectivity index (χ1n) is 25.3. The van der Waals surface area contributed by atoms with Gasteiger partial charge in [0.1, 0.15) is 0 Å². The van der Waals surface area contributed by atoms with Crippen molar-refractivity contribution < 1.29 is 20.1 Å². The fourth-order valence-electron chi connectivity index (χ4n) is 11.2. The summed E-state index contributed by atoms with van der Waals surface area (Å²) in [6.07, 6.45) is 14.6. The Morgan fingerprint density at radius 3 is 1.43 bits per heavy atom. The number of aromatic nitrogens is 1. The first-order valence-corrected chi connectivity index (χ1v) is 25.3. The molecule has 0 unspecified atom stereocenters. The largest absolute Gasteiger partial charge is 0.304 e. The molecule has 0 atom stereocenters. The molecule has 0 bridgehead atoms. The SMILES string of the molecule is CCCCCCc1ccc(-c2cc(-c3ccc(CCCCCC)cc3)cc(-c3ccc(-c4[c-]cc5c(c4)C4(c6ccccc6-c6ccccc64)c4cc(-c6ccc(C)cc6)ccc4-5)nc3)c2)cc1.[Ir]. The van der Waals surface area contributed by atoms with Crippen LogP contribution in [-0.4, -0.2) is 4.98 Å². The average Bonchev–Trinajstić information content (AvgIpc) is 3.86. The predicted octanol–water partition coefficient (Wildman–Crippen LogP) is 18.1. The molecule has 1 aromatic heterocycles. The quantitative estimate of drug-likeness (QED) is 0.0736. The number of rotatable bonds is 15. The number of benzene rings is 8. The van der Waals surface area contributed by atoms with Crippen molar-refractivity contribution >= 4 is 0 Å². The van der Waals surface area contributed by atoms with E-state index >= 15 is 0 Å². The van der Waals surface area contributed by atoms with Crippen molar-refractivity contribution in [3.05, 3.63) is 233 Å². The van der Waals surface area contributed by atoms with Crippen molar-refractivity contribution in [3.63, 3.8) is 0 Å². The van der Waals surface area contributed by atoms with Gasteiger partial charge in [-0.1, -0.05) is 215 Å². The molecule has 0 aliphatic heterocycles. The van der Waals surface area contributed by atoms with E-state index < -0.39 is 5.41 Å². The van der Waals surface area contributed by atoms with Gasteiger partial charge in [0.05, 0.1) is 5.41 Å². The topological polar surface area (TPSA) is 12.9 Å². The summed E-state index contributed by atoms with van der Waals surface area (Å²) < 4.78 is 0. The summed E-state index contributed by atoms with van der Waals surface area (Å²) >= 11 is 0. The number of unbranched alkanes of at least 4 members (excludes halogenated alkanes) is 6. The van der Waals surface area contributed by atoms with E-state index in [9.17, 15) is 0 Å². The Morgan fingerprint density at radius 1 is 0.406 bits per heavy atom. The number of hydrogen-bond donors (Lipinski definition) is 0. The molecule has 11 rings (SSSR count). The zero-order valence-corrected chi connectivity index (χ0v) is 42.6. The van der Waals surface area contributed by atoms with Gasteiger partial charge in [0, 0.05) is 26.3 Å². The maximum absolute atomic E-state index is 5.24. The Hall–Kier alpha value is -6.44. The van der Waals surface area contributed by atoms with Crippen molar-refractivity contribution in [2.75, 3.05) is 0 Å². The maximum Gasteiger partial charge on any atom is 0.0550 e. The van der Waals surface area contributed by atoms with Crippen LogP contribution in [0.3, 0.4) is 0 Å². The first-order chi connectivity index (χ1) is 33.5. The van der Waals surface area contributed by atoms with E-state index in [-0.39, 0.29) is 20.1 Å². The molecule has 0 saturated heterocycles. The number of pyridine rings is 1. The fourth-order valence-corrected chi connectivity index (χ4v) is 11.2. The van der Waals surface area contributed by atoms with Crippen molar-refractivity contribution in [1.82, 2.24) is 4.98 Å². The van der Waals surface area contributed by atoms with E-state index in [2.05, 4.69) is 215 Å². The molecule has 0 N–H and O–H groups in total. The fraction of sp³-hybridized carbons (Fsp3) is 0.209. The Morgan fingerprint density at radius 2 is 0.884 bits per heavy atom. The number of hydrogen-bond acceptors (Lipinski definition) is 1. The van der Waals surface area contributed by atoms with Gasteiger partial charge in [0.25, 0.3) is 0 Å². The standard InChI is InChI=1S/C67H60N.Ir/c1-4-6-8-10-16-47-24-30-50(31-25-47)55-40-56(51-32-26-48(27-33-51)17-11-9-7-5-2)42-57(41-55)54-36-39-66(68-45-54)53-35-38-61-60-37-34-52(49-28-22-46(3)23-29-49)43-64(60)67(65(61)44-53)62-20-14-12-18-58(62)59-19-13-15-21-63(59)67;/h12-15,18-34,36-45H,4-11,16-17H2,1-3H3;/q-1;. The first kappa shape index (κ1) is 46.3. The summed E-state index contributed by atoms with van der Waals surface area (Å²) in [5, 5.41) is 0. The third-order valence-electron chi connectivity index (χ3n) is 14.9. The van der Waals surface area contributed by atoms with E-state index in [1.165, 1.54) is 152 Å². The van der Waals surface area contributed by atoms with Gasteiger partial charge in [-0.3, -0.25) is 0 Å². The summed E-state index contributed by atoms with van der Waals surface area (Å²) in [4.78, 5) is 5.24. The molecule has 343 valence electrons. The van der Waals surface area contributed by atoms with Crippen LogP contribution in [0.15, 0.2) is 188 Å². The van der Waals surface area contributed by atoms with Gasteiger partial charge in [-0.15, -0.1) is 29.3 Å². The summed E-state index contributed by atoms with van der Waals surface area (Å²) in [5.74, 6) is 0. The molecule has 69 heavy (non-hydrogen) atoms. The van der Waals surface area contributed by atoms with E-state index in [0.717, 1.165) is 29.7 Å². The van der Waals surface area contributed by atoms with E-state index in [1.54, 1.807) is 0 Å². The van der Waals surface area contributed by atoms with Crippen LogP contribution in [0.25, 0.3) is 78.0 Å². The molecule has 2 aliphatic carbocycles. The van der Waals surface area contributed by atoms with Crippen molar-refractivity contribution in [2.45, 2.75) is 90.4 Å². The Bertz CT molecular complexity index is 3110. The van der Waals surface area contributed by atoms with Crippen molar-refractivity contribution in [3.8, 4) is 78.0 Å². The normalized spacial score (nSPS) is 12.6. The van der Waals surface area contributed by atoms with Crippen LogP contribution in [0, 0.1) is 13.0 Å². The minimum absolute atomic E-state index is 0. The second kappa shape index (κ2) is 20.3. The molecule has 1 nitrogen and oxygen atoms in total. The monoisotopic (exact) mass is 1070 g/mol. The van der Waals surface area contributed by atoms with Gasteiger partial charge in [-0.05, 0) is 146 Å².